The standard InChI is InChI=1S/C20H23F2N3O3S/c1-2-28-16-5-10-29-17(16)18(26)25-20(6-8-23-9-7-20)19(27)24-12-13-3-4-14(21)11-15(13)22/h3-5,10-11,23H,2,6-9,12H2,1H3,(H,24,27)(H,25,26). The first-order chi connectivity index (χ1) is 13.9. The fourth-order valence-corrected chi connectivity index (χ4v) is 4.01. The molecule has 0 unspecified atom stereocenters. The van der Waals surface area contributed by atoms with Crippen molar-refractivity contribution in [2.45, 2.75) is 31.8 Å². The maximum absolute atomic E-state index is 13.9. The monoisotopic (exact) mass is 423 g/mol. The van der Waals surface area contributed by atoms with Gasteiger partial charge in [-0.1, -0.05) is 6.07 Å². The van der Waals surface area contributed by atoms with Crippen LogP contribution in [0.15, 0.2) is 29.6 Å². The Balaban J connectivity index is 1.74. The Hall–Kier alpha value is -2.52. The van der Waals surface area contributed by atoms with Gasteiger partial charge in [0.2, 0.25) is 5.91 Å². The minimum atomic E-state index is -1.12. The van der Waals surface area contributed by atoms with Crippen LogP contribution in [0, 0.1) is 11.6 Å². The number of amides is 2. The number of rotatable bonds is 7. The number of hydrogen-bond donors (Lipinski definition) is 3. The molecule has 0 atom stereocenters. The Labute approximate surface area is 171 Å². The van der Waals surface area contributed by atoms with E-state index in [1.807, 2.05) is 6.92 Å². The molecule has 0 aliphatic carbocycles. The fourth-order valence-electron chi connectivity index (χ4n) is 3.28. The van der Waals surface area contributed by atoms with Gasteiger partial charge in [-0.15, -0.1) is 11.3 Å². The highest BCUT2D eigenvalue weighted by Gasteiger charge is 2.41. The normalized spacial score (nSPS) is 15.6. The van der Waals surface area contributed by atoms with Crippen LogP contribution in [0.1, 0.15) is 35.0 Å². The molecule has 9 heteroatoms. The number of carbonyl (C=O) groups excluding carboxylic acids is 2. The largest absolute Gasteiger partial charge is 0.492 e. The maximum atomic E-state index is 13.9. The van der Waals surface area contributed by atoms with Crippen LogP contribution < -0.4 is 20.7 Å². The lowest BCUT2D eigenvalue weighted by molar-refractivity contribution is -0.128. The van der Waals surface area contributed by atoms with Gasteiger partial charge in [-0.25, -0.2) is 8.78 Å². The lowest BCUT2D eigenvalue weighted by Crippen LogP contribution is -2.62. The minimum absolute atomic E-state index is 0.0980. The van der Waals surface area contributed by atoms with Gasteiger partial charge in [-0.05, 0) is 50.4 Å². The molecule has 3 N–H and O–H groups in total. The van der Waals surface area contributed by atoms with Crippen LogP contribution in [0.2, 0.25) is 0 Å². The predicted molar refractivity (Wildman–Crippen MR) is 106 cm³/mol. The van der Waals surface area contributed by atoms with Crippen LogP contribution in [-0.4, -0.2) is 37.0 Å². The molecule has 1 aromatic carbocycles. The number of ether oxygens (including phenoxy) is 1. The van der Waals surface area contributed by atoms with Crippen LogP contribution in [0.4, 0.5) is 8.78 Å². The van der Waals surface area contributed by atoms with Crippen LogP contribution >= 0.6 is 11.3 Å². The van der Waals surface area contributed by atoms with E-state index in [0.717, 1.165) is 12.1 Å². The first-order valence-electron chi connectivity index (χ1n) is 9.41. The molecule has 29 heavy (non-hydrogen) atoms. The average Bonchev–Trinajstić information content (AvgIpc) is 3.16. The summed E-state index contributed by atoms with van der Waals surface area (Å²) in [6.45, 7) is 3.27. The van der Waals surface area contributed by atoms with Crippen molar-refractivity contribution in [3.63, 3.8) is 0 Å². The molecule has 0 bridgehead atoms. The average molecular weight is 423 g/mol. The Morgan fingerprint density at radius 2 is 2.00 bits per heavy atom. The highest BCUT2D eigenvalue weighted by molar-refractivity contribution is 7.12. The lowest BCUT2D eigenvalue weighted by Gasteiger charge is -2.37. The van der Waals surface area contributed by atoms with E-state index in [1.165, 1.54) is 17.4 Å². The van der Waals surface area contributed by atoms with Gasteiger partial charge < -0.3 is 20.7 Å². The molecule has 1 aliphatic rings. The predicted octanol–water partition coefficient (Wildman–Crippen LogP) is 2.59. The molecule has 2 amide bonds. The van der Waals surface area contributed by atoms with E-state index in [0.29, 0.717) is 43.2 Å². The second-order valence-electron chi connectivity index (χ2n) is 6.75. The third kappa shape index (κ3) is 4.91. The summed E-state index contributed by atoms with van der Waals surface area (Å²) in [6, 6.07) is 4.92. The highest BCUT2D eigenvalue weighted by atomic mass is 32.1. The molecule has 0 radical (unpaired) electrons. The van der Waals surface area contributed by atoms with Gasteiger partial charge >= 0.3 is 0 Å². The molecule has 0 saturated carbocycles. The fraction of sp³-hybridized carbons (Fsp3) is 0.400. The van der Waals surface area contributed by atoms with Gasteiger partial charge in [0.05, 0.1) is 6.61 Å². The van der Waals surface area contributed by atoms with Gasteiger partial charge in [0.1, 0.15) is 27.8 Å². The van der Waals surface area contributed by atoms with Gasteiger partial charge in [-0.3, -0.25) is 9.59 Å². The molecular formula is C20H23F2N3O3S. The summed E-state index contributed by atoms with van der Waals surface area (Å²) in [4.78, 5) is 26.3. The van der Waals surface area contributed by atoms with Crippen molar-refractivity contribution >= 4 is 23.2 Å². The topological polar surface area (TPSA) is 79.5 Å². The second kappa shape index (κ2) is 9.32. The highest BCUT2D eigenvalue weighted by Crippen LogP contribution is 2.27. The summed E-state index contributed by atoms with van der Waals surface area (Å²) in [5.41, 5.74) is -0.946. The summed E-state index contributed by atoms with van der Waals surface area (Å²) in [6.07, 6.45) is 0.789. The first-order valence-corrected chi connectivity index (χ1v) is 10.3. The summed E-state index contributed by atoms with van der Waals surface area (Å²) in [5, 5.41) is 10.5. The zero-order chi connectivity index (χ0) is 20.9. The molecule has 3 rings (SSSR count). The second-order valence-corrected chi connectivity index (χ2v) is 7.67. The molecule has 1 saturated heterocycles. The SMILES string of the molecule is CCOc1ccsc1C(=O)NC1(C(=O)NCc2ccc(F)cc2F)CCNCC1. The molecule has 1 fully saturated rings. The van der Waals surface area contributed by atoms with E-state index in [4.69, 9.17) is 4.74 Å². The van der Waals surface area contributed by atoms with Gasteiger partial charge in [0.15, 0.2) is 0 Å². The summed E-state index contributed by atoms with van der Waals surface area (Å²) >= 11 is 1.24. The van der Waals surface area contributed by atoms with Crippen molar-refractivity contribution in [3.8, 4) is 5.75 Å². The van der Waals surface area contributed by atoms with Crippen molar-refractivity contribution in [2.24, 2.45) is 0 Å². The molecular weight excluding hydrogens is 400 g/mol. The number of carbonyl (C=O) groups is 2. The summed E-state index contributed by atoms with van der Waals surface area (Å²) < 4.78 is 32.4. The molecule has 2 aromatic rings. The molecule has 1 aromatic heterocycles. The summed E-state index contributed by atoms with van der Waals surface area (Å²) in [7, 11) is 0. The minimum Gasteiger partial charge on any atom is -0.492 e. The van der Waals surface area contributed by atoms with E-state index in [1.54, 1.807) is 11.4 Å². The van der Waals surface area contributed by atoms with E-state index >= 15 is 0 Å². The zero-order valence-corrected chi connectivity index (χ0v) is 16.8. The third-order valence-corrected chi connectivity index (χ3v) is 5.73. The van der Waals surface area contributed by atoms with Crippen molar-refractivity contribution < 1.29 is 23.1 Å². The van der Waals surface area contributed by atoms with Crippen LogP contribution in [0.3, 0.4) is 0 Å². The lowest BCUT2D eigenvalue weighted by atomic mass is 9.87. The van der Waals surface area contributed by atoms with E-state index in [-0.39, 0.29) is 18.0 Å². The molecule has 1 aliphatic heterocycles. The van der Waals surface area contributed by atoms with Gasteiger partial charge in [-0.2, -0.15) is 0 Å². The first kappa shape index (κ1) is 21.2. The number of thiophene rings is 1. The number of halogens is 2. The molecule has 0 spiro atoms. The number of benzene rings is 1. The van der Waals surface area contributed by atoms with E-state index in [2.05, 4.69) is 16.0 Å². The number of piperidine rings is 1. The van der Waals surface area contributed by atoms with Crippen molar-refractivity contribution in [2.75, 3.05) is 19.7 Å². The Kier molecular flexibility index (Phi) is 6.81. The van der Waals surface area contributed by atoms with Crippen LogP contribution in [0.5, 0.6) is 5.75 Å². The zero-order valence-electron chi connectivity index (χ0n) is 16.0. The van der Waals surface area contributed by atoms with Crippen molar-refractivity contribution in [3.05, 3.63) is 51.7 Å². The molecule has 2 heterocycles. The van der Waals surface area contributed by atoms with Crippen LogP contribution in [0.25, 0.3) is 0 Å². The van der Waals surface area contributed by atoms with Gasteiger partial charge in [0, 0.05) is 18.2 Å². The van der Waals surface area contributed by atoms with Crippen LogP contribution in [-0.2, 0) is 11.3 Å². The van der Waals surface area contributed by atoms with Crippen molar-refractivity contribution in [1.29, 1.82) is 0 Å². The Morgan fingerprint density at radius 1 is 1.24 bits per heavy atom. The summed E-state index contributed by atoms with van der Waals surface area (Å²) in [5.74, 6) is -1.71. The Morgan fingerprint density at radius 3 is 2.69 bits per heavy atom. The Bertz CT molecular complexity index is 882. The number of nitrogens with one attached hydrogen (secondary N) is 3. The maximum Gasteiger partial charge on any atom is 0.266 e. The van der Waals surface area contributed by atoms with Crippen molar-refractivity contribution in [1.82, 2.24) is 16.0 Å². The van der Waals surface area contributed by atoms with E-state index < -0.39 is 23.1 Å². The van der Waals surface area contributed by atoms with E-state index in [9.17, 15) is 18.4 Å². The molecule has 156 valence electrons. The number of hydrogen-bond acceptors (Lipinski definition) is 5. The van der Waals surface area contributed by atoms with Gasteiger partial charge in [0.25, 0.3) is 5.91 Å². The third-order valence-electron chi connectivity index (χ3n) is 4.83. The smallest absolute Gasteiger partial charge is 0.266 e. The molecule has 6 nitrogen and oxygen atoms in total. The quantitative estimate of drug-likeness (QED) is 0.640.